The minimum Gasteiger partial charge on any atom is -0.299 e. The summed E-state index contributed by atoms with van der Waals surface area (Å²) in [5, 5.41) is 4.32. The Kier molecular flexibility index (Phi) is 3.55. The van der Waals surface area contributed by atoms with Crippen LogP contribution < -0.4 is 0 Å². The second kappa shape index (κ2) is 5.12. The lowest BCUT2D eigenvalue weighted by Gasteiger charge is -2.02. The van der Waals surface area contributed by atoms with Crippen LogP contribution in [0.15, 0.2) is 24.4 Å². The summed E-state index contributed by atoms with van der Waals surface area (Å²) in [5.41, 5.74) is 3.85. The van der Waals surface area contributed by atoms with E-state index in [2.05, 4.69) is 10.1 Å². The molecule has 2 aromatic rings. The summed E-state index contributed by atoms with van der Waals surface area (Å²) >= 11 is 0. The first-order valence-electron chi connectivity index (χ1n) is 5.98. The van der Waals surface area contributed by atoms with Crippen LogP contribution in [0.5, 0.6) is 0 Å². The second-order valence-corrected chi connectivity index (χ2v) is 4.49. The van der Waals surface area contributed by atoms with Crippen LogP contribution in [-0.2, 0) is 24.7 Å². The van der Waals surface area contributed by atoms with E-state index in [0.29, 0.717) is 12.8 Å². The fourth-order valence-corrected chi connectivity index (χ4v) is 2.04. The van der Waals surface area contributed by atoms with E-state index in [4.69, 9.17) is 0 Å². The molecule has 18 heavy (non-hydrogen) atoms. The molecule has 0 saturated carbocycles. The third-order valence-corrected chi connectivity index (χ3v) is 3.14. The third kappa shape index (κ3) is 2.64. The minimum absolute atomic E-state index is 0.174. The summed E-state index contributed by atoms with van der Waals surface area (Å²) < 4.78 is 1.82. The van der Waals surface area contributed by atoms with Crippen LogP contribution >= 0.6 is 0 Å². The van der Waals surface area contributed by atoms with Crippen molar-refractivity contribution in [2.24, 2.45) is 7.05 Å². The molecule has 4 heteroatoms. The molecule has 0 bridgehead atoms. The van der Waals surface area contributed by atoms with Crippen molar-refractivity contribution in [3.8, 4) is 0 Å². The Morgan fingerprint density at radius 2 is 2.06 bits per heavy atom. The van der Waals surface area contributed by atoms with Gasteiger partial charge in [-0.05, 0) is 26.0 Å². The predicted octanol–water partition coefficient (Wildman–Crippen LogP) is 1.79. The van der Waals surface area contributed by atoms with Gasteiger partial charge in [-0.3, -0.25) is 14.5 Å². The molecule has 0 spiro atoms. The zero-order valence-corrected chi connectivity index (χ0v) is 11.0. The Labute approximate surface area is 107 Å². The lowest BCUT2D eigenvalue weighted by atomic mass is 10.0. The van der Waals surface area contributed by atoms with Gasteiger partial charge in [0.05, 0.1) is 5.69 Å². The van der Waals surface area contributed by atoms with Crippen molar-refractivity contribution in [2.45, 2.75) is 26.7 Å². The van der Waals surface area contributed by atoms with Crippen LogP contribution in [0.2, 0.25) is 0 Å². The van der Waals surface area contributed by atoms with Gasteiger partial charge in [0.15, 0.2) is 0 Å². The topological polar surface area (TPSA) is 47.8 Å². The summed E-state index contributed by atoms with van der Waals surface area (Å²) in [4.78, 5) is 16.2. The number of rotatable bonds is 4. The smallest absolute Gasteiger partial charge is 0.143 e. The first kappa shape index (κ1) is 12.5. The van der Waals surface area contributed by atoms with Crippen LogP contribution in [0.3, 0.4) is 0 Å². The Hall–Kier alpha value is -1.97. The Morgan fingerprint density at radius 1 is 1.28 bits per heavy atom. The SMILES string of the molecule is Cc1nn(C)c(C)c1CC(=O)Cc1ccccn1. The molecule has 0 aliphatic rings. The van der Waals surface area contributed by atoms with Crippen molar-refractivity contribution in [3.05, 3.63) is 47.0 Å². The molecule has 0 radical (unpaired) electrons. The van der Waals surface area contributed by atoms with E-state index in [1.807, 2.05) is 43.8 Å². The van der Waals surface area contributed by atoms with Crippen LogP contribution in [0.4, 0.5) is 0 Å². The maximum atomic E-state index is 12.0. The molecule has 4 nitrogen and oxygen atoms in total. The summed E-state index contributed by atoms with van der Waals surface area (Å²) in [6.07, 6.45) is 2.53. The zero-order valence-electron chi connectivity index (χ0n) is 11.0. The number of carbonyl (C=O) groups excluding carboxylic acids is 1. The fourth-order valence-electron chi connectivity index (χ4n) is 2.04. The van der Waals surface area contributed by atoms with Crippen molar-refractivity contribution in [3.63, 3.8) is 0 Å². The Balaban J connectivity index is 2.08. The monoisotopic (exact) mass is 243 g/mol. The van der Waals surface area contributed by atoms with Gasteiger partial charge in [0.25, 0.3) is 0 Å². The highest BCUT2D eigenvalue weighted by Crippen LogP contribution is 2.13. The molecular weight excluding hydrogens is 226 g/mol. The molecule has 0 amide bonds. The van der Waals surface area contributed by atoms with Crippen molar-refractivity contribution < 1.29 is 4.79 Å². The Bertz CT molecular complexity index is 558. The van der Waals surface area contributed by atoms with Crippen molar-refractivity contribution >= 4 is 5.78 Å². The summed E-state index contributed by atoms with van der Waals surface area (Å²) in [7, 11) is 1.90. The summed E-state index contributed by atoms with van der Waals surface area (Å²) in [6, 6.07) is 5.63. The fraction of sp³-hybridized carbons (Fsp3) is 0.357. The standard InChI is InChI=1S/C14H17N3O/c1-10-14(11(2)17(3)16-10)9-13(18)8-12-6-4-5-7-15-12/h4-7H,8-9H2,1-3H3. The number of nitrogens with zero attached hydrogens (tertiary/aromatic N) is 3. The number of hydrogen-bond donors (Lipinski definition) is 0. The lowest BCUT2D eigenvalue weighted by molar-refractivity contribution is -0.117. The molecule has 0 aliphatic heterocycles. The quantitative estimate of drug-likeness (QED) is 0.822. The first-order chi connectivity index (χ1) is 8.58. The van der Waals surface area contributed by atoms with Gasteiger partial charge in [-0.25, -0.2) is 0 Å². The average molecular weight is 243 g/mol. The molecule has 0 unspecified atom stereocenters. The predicted molar refractivity (Wildman–Crippen MR) is 69.3 cm³/mol. The normalized spacial score (nSPS) is 10.6. The van der Waals surface area contributed by atoms with E-state index in [-0.39, 0.29) is 5.78 Å². The number of pyridine rings is 1. The maximum Gasteiger partial charge on any atom is 0.143 e. The van der Waals surface area contributed by atoms with E-state index >= 15 is 0 Å². The number of aromatic nitrogens is 3. The van der Waals surface area contributed by atoms with Gasteiger partial charge in [0, 0.05) is 43.0 Å². The van der Waals surface area contributed by atoms with Gasteiger partial charge >= 0.3 is 0 Å². The third-order valence-electron chi connectivity index (χ3n) is 3.14. The molecular formula is C14H17N3O. The number of ketones is 1. The van der Waals surface area contributed by atoms with E-state index in [0.717, 1.165) is 22.6 Å². The molecule has 2 rings (SSSR count). The summed E-state index contributed by atoms with van der Waals surface area (Å²) in [6.45, 7) is 3.93. The van der Waals surface area contributed by atoms with Gasteiger partial charge in [-0.15, -0.1) is 0 Å². The number of carbonyl (C=O) groups is 1. The molecule has 0 fully saturated rings. The van der Waals surface area contributed by atoms with E-state index < -0.39 is 0 Å². The molecule has 2 aromatic heterocycles. The largest absolute Gasteiger partial charge is 0.299 e. The first-order valence-corrected chi connectivity index (χ1v) is 5.98. The minimum atomic E-state index is 0.174. The molecule has 0 N–H and O–H groups in total. The van der Waals surface area contributed by atoms with Gasteiger partial charge in [-0.2, -0.15) is 5.10 Å². The Morgan fingerprint density at radius 3 is 2.61 bits per heavy atom. The molecule has 0 atom stereocenters. The number of Topliss-reactive ketones (excluding diaryl/α,β-unsaturated/α-hetero) is 1. The van der Waals surface area contributed by atoms with Crippen LogP contribution in [0.1, 0.15) is 22.6 Å². The van der Waals surface area contributed by atoms with E-state index in [1.165, 1.54) is 0 Å². The van der Waals surface area contributed by atoms with Crippen molar-refractivity contribution in [2.75, 3.05) is 0 Å². The average Bonchev–Trinajstić information content (AvgIpc) is 2.57. The van der Waals surface area contributed by atoms with Gasteiger partial charge < -0.3 is 0 Å². The highest BCUT2D eigenvalue weighted by atomic mass is 16.1. The van der Waals surface area contributed by atoms with Gasteiger partial charge in [-0.1, -0.05) is 6.07 Å². The number of hydrogen-bond acceptors (Lipinski definition) is 3. The highest BCUT2D eigenvalue weighted by Gasteiger charge is 2.13. The molecule has 0 saturated heterocycles. The molecule has 2 heterocycles. The van der Waals surface area contributed by atoms with Crippen LogP contribution in [0, 0.1) is 13.8 Å². The van der Waals surface area contributed by atoms with Gasteiger partial charge in [0.2, 0.25) is 0 Å². The molecule has 0 aromatic carbocycles. The van der Waals surface area contributed by atoms with Gasteiger partial charge in [0.1, 0.15) is 5.78 Å². The number of aryl methyl sites for hydroxylation is 2. The van der Waals surface area contributed by atoms with E-state index in [9.17, 15) is 4.79 Å². The molecule has 0 aliphatic carbocycles. The zero-order chi connectivity index (χ0) is 13.1. The van der Waals surface area contributed by atoms with Crippen molar-refractivity contribution in [1.82, 2.24) is 14.8 Å². The highest BCUT2D eigenvalue weighted by molar-refractivity contribution is 5.83. The van der Waals surface area contributed by atoms with Crippen LogP contribution in [-0.4, -0.2) is 20.5 Å². The van der Waals surface area contributed by atoms with Crippen molar-refractivity contribution in [1.29, 1.82) is 0 Å². The maximum absolute atomic E-state index is 12.0. The lowest BCUT2D eigenvalue weighted by Crippen LogP contribution is -2.09. The van der Waals surface area contributed by atoms with Crippen LogP contribution in [0.25, 0.3) is 0 Å². The molecule has 94 valence electrons. The summed E-state index contributed by atoms with van der Waals surface area (Å²) in [5.74, 6) is 0.174. The second-order valence-electron chi connectivity index (χ2n) is 4.49. The van der Waals surface area contributed by atoms with E-state index in [1.54, 1.807) is 6.20 Å².